The maximum Gasteiger partial charge on any atom is 0.296 e. The van der Waals surface area contributed by atoms with Gasteiger partial charge in [0.05, 0.1) is 5.69 Å². The van der Waals surface area contributed by atoms with E-state index in [2.05, 4.69) is 25.8 Å². The minimum atomic E-state index is -0.360. The van der Waals surface area contributed by atoms with E-state index in [1.807, 2.05) is 24.4 Å². The molecule has 1 saturated heterocycles. The standard InChI is InChI=1S/C17H17N5O2S.ClH/c23-16(14-9-13(22-24-14)12-3-1-2-6-19-12)21-17-20-10-15(25-17)11-4-7-18-8-5-11;/h1-3,6,9-11,18H,4-5,7-8H2,(H,20,21,23);1H. The summed E-state index contributed by atoms with van der Waals surface area (Å²) in [4.78, 5) is 22.1. The molecule has 4 rings (SSSR count). The summed E-state index contributed by atoms with van der Waals surface area (Å²) < 4.78 is 5.14. The Morgan fingerprint density at radius 1 is 1.23 bits per heavy atom. The van der Waals surface area contributed by atoms with Gasteiger partial charge in [-0.25, -0.2) is 4.98 Å². The van der Waals surface area contributed by atoms with Crippen LogP contribution < -0.4 is 10.6 Å². The number of amides is 1. The summed E-state index contributed by atoms with van der Waals surface area (Å²) in [6.45, 7) is 2.05. The number of rotatable bonds is 4. The van der Waals surface area contributed by atoms with Crippen LogP contribution >= 0.6 is 23.7 Å². The molecule has 1 aliphatic rings. The predicted octanol–water partition coefficient (Wildman–Crippen LogP) is 3.33. The summed E-state index contributed by atoms with van der Waals surface area (Å²) in [5, 5.41) is 10.6. The summed E-state index contributed by atoms with van der Waals surface area (Å²) in [5.74, 6) is 0.297. The van der Waals surface area contributed by atoms with Gasteiger partial charge in [-0.3, -0.25) is 15.1 Å². The molecule has 1 amide bonds. The Hall–Kier alpha value is -2.29. The lowest BCUT2D eigenvalue weighted by Gasteiger charge is -2.20. The van der Waals surface area contributed by atoms with Gasteiger partial charge in [-0.2, -0.15) is 0 Å². The van der Waals surface area contributed by atoms with Gasteiger partial charge >= 0.3 is 0 Å². The largest absolute Gasteiger partial charge is 0.350 e. The Morgan fingerprint density at radius 3 is 2.85 bits per heavy atom. The SMILES string of the molecule is Cl.O=C(Nc1ncc(C2CCNCC2)s1)c1cc(-c2ccccn2)no1. The van der Waals surface area contributed by atoms with Gasteiger partial charge in [-0.1, -0.05) is 11.2 Å². The number of halogens is 1. The number of thiazole rings is 1. The average Bonchev–Trinajstić information content (AvgIpc) is 3.33. The van der Waals surface area contributed by atoms with Crippen molar-refractivity contribution in [2.45, 2.75) is 18.8 Å². The molecule has 1 aliphatic heterocycles. The molecule has 0 atom stereocenters. The Labute approximate surface area is 160 Å². The maximum atomic E-state index is 12.3. The van der Waals surface area contributed by atoms with Crippen molar-refractivity contribution in [2.24, 2.45) is 0 Å². The van der Waals surface area contributed by atoms with E-state index >= 15 is 0 Å². The van der Waals surface area contributed by atoms with E-state index in [-0.39, 0.29) is 24.1 Å². The van der Waals surface area contributed by atoms with Crippen LogP contribution in [0, 0.1) is 0 Å². The molecule has 0 spiro atoms. The molecule has 0 unspecified atom stereocenters. The van der Waals surface area contributed by atoms with E-state index in [1.54, 1.807) is 12.3 Å². The Balaban J connectivity index is 0.00000196. The molecule has 0 bridgehead atoms. The highest BCUT2D eigenvalue weighted by molar-refractivity contribution is 7.15. The van der Waals surface area contributed by atoms with E-state index in [4.69, 9.17) is 4.52 Å². The molecule has 1 fully saturated rings. The molecule has 9 heteroatoms. The number of carbonyl (C=O) groups excluding carboxylic acids is 1. The number of piperidine rings is 1. The molecule has 0 radical (unpaired) electrons. The normalized spacial score (nSPS) is 14.6. The van der Waals surface area contributed by atoms with Gasteiger partial charge in [0.25, 0.3) is 5.91 Å². The maximum absolute atomic E-state index is 12.3. The van der Waals surface area contributed by atoms with Gasteiger partial charge in [0.15, 0.2) is 5.13 Å². The first-order chi connectivity index (χ1) is 12.3. The quantitative estimate of drug-likeness (QED) is 0.708. The molecular weight excluding hydrogens is 374 g/mol. The van der Waals surface area contributed by atoms with Gasteiger partial charge in [-0.05, 0) is 44.0 Å². The number of pyridine rings is 1. The molecule has 4 heterocycles. The van der Waals surface area contributed by atoms with E-state index in [0.29, 0.717) is 22.4 Å². The second-order valence-electron chi connectivity index (χ2n) is 5.84. The monoisotopic (exact) mass is 391 g/mol. The fraction of sp³-hybridized carbons (Fsp3) is 0.294. The topological polar surface area (TPSA) is 92.9 Å². The lowest BCUT2D eigenvalue weighted by atomic mass is 9.97. The fourth-order valence-electron chi connectivity index (χ4n) is 2.82. The Kier molecular flexibility index (Phi) is 5.97. The van der Waals surface area contributed by atoms with Crippen molar-refractivity contribution in [3.8, 4) is 11.4 Å². The number of hydrogen-bond acceptors (Lipinski definition) is 7. The third kappa shape index (κ3) is 4.09. The highest BCUT2D eigenvalue weighted by Crippen LogP contribution is 2.31. The molecule has 0 aromatic carbocycles. The molecule has 0 saturated carbocycles. The molecular formula is C17H18ClN5O2S. The molecule has 26 heavy (non-hydrogen) atoms. The highest BCUT2D eigenvalue weighted by atomic mass is 35.5. The summed E-state index contributed by atoms with van der Waals surface area (Å²) in [6, 6.07) is 7.07. The van der Waals surface area contributed by atoms with Gasteiger partial charge in [-0.15, -0.1) is 23.7 Å². The van der Waals surface area contributed by atoms with E-state index in [1.165, 1.54) is 16.2 Å². The zero-order valence-electron chi connectivity index (χ0n) is 13.8. The van der Waals surface area contributed by atoms with Crippen molar-refractivity contribution < 1.29 is 9.32 Å². The first-order valence-electron chi connectivity index (χ1n) is 8.15. The van der Waals surface area contributed by atoms with Crippen molar-refractivity contribution in [1.82, 2.24) is 20.4 Å². The van der Waals surface area contributed by atoms with Crippen LogP contribution in [0.25, 0.3) is 11.4 Å². The molecule has 2 N–H and O–H groups in total. The minimum absolute atomic E-state index is 0. The molecule has 0 aliphatic carbocycles. The third-order valence-corrected chi connectivity index (χ3v) is 5.22. The zero-order valence-corrected chi connectivity index (χ0v) is 15.5. The van der Waals surface area contributed by atoms with Crippen LogP contribution in [0.2, 0.25) is 0 Å². The zero-order chi connectivity index (χ0) is 17.1. The van der Waals surface area contributed by atoms with E-state index < -0.39 is 0 Å². The Morgan fingerprint density at radius 2 is 2.08 bits per heavy atom. The van der Waals surface area contributed by atoms with E-state index in [0.717, 1.165) is 25.9 Å². The molecule has 7 nitrogen and oxygen atoms in total. The second kappa shape index (κ2) is 8.39. The van der Waals surface area contributed by atoms with Crippen molar-refractivity contribution in [1.29, 1.82) is 0 Å². The summed E-state index contributed by atoms with van der Waals surface area (Å²) in [5.41, 5.74) is 1.19. The fourth-order valence-corrected chi connectivity index (χ4v) is 3.80. The van der Waals surface area contributed by atoms with Crippen molar-refractivity contribution in [2.75, 3.05) is 18.4 Å². The van der Waals surface area contributed by atoms with Gasteiger partial charge in [0, 0.05) is 23.3 Å². The van der Waals surface area contributed by atoms with Crippen LogP contribution in [0.5, 0.6) is 0 Å². The number of aromatic nitrogens is 3. The van der Waals surface area contributed by atoms with Crippen molar-refractivity contribution >= 4 is 34.8 Å². The van der Waals surface area contributed by atoms with Gasteiger partial charge in [0.2, 0.25) is 5.76 Å². The van der Waals surface area contributed by atoms with Gasteiger partial charge in [0.1, 0.15) is 5.69 Å². The molecule has 3 aromatic heterocycles. The number of nitrogens with zero attached hydrogens (tertiary/aromatic N) is 3. The first-order valence-corrected chi connectivity index (χ1v) is 8.97. The van der Waals surface area contributed by atoms with Crippen LogP contribution in [0.4, 0.5) is 5.13 Å². The van der Waals surface area contributed by atoms with Crippen LogP contribution in [0.3, 0.4) is 0 Å². The summed E-state index contributed by atoms with van der Waals surface area (Å²) >= 11 is 1.52. The molecule has 136 valence electrons. The second-order valence-corrected chi connectivity index (χ2v) is 6.90. The summed E-state index contributed by atoms with van der Waals surface area (Å²) in [7, 11) is 0. The summed E-state index contributed by atoms with van der Waals surface area (Å²) in [6.07, 6.45) is 5.73. The lowest BCUT2D eigenvalue weighted by molar-refractivity contribution is 0.0988. The van der Waals surface area contributed by atoms with Crippen LogP contribution in [0.1, 0.15) is 34.2 Å². The minimum Gasteiger partial charge on any atom is -0.350 e. The van der Waals surface area contributed by atoms with Crippen LogP contribution in [-0.2, 0) is 0 Å². The van der Waals surface area contributed by atoms with Crippen molar-refractivity contribution in [3.05, 3.63) is 47.3 Å². The molecule has 3 aromatic rings. The first kappa shape index (κ1) is 18.5. The number of hydrogen-bond donors (Lipinski definition) is 2. The number of nitrogens with one attached hydrogen (secondary N) is 2. The Bertz CT molecular complexity index is 861. The average molecular weight is 392 g/mol. The highest BCUT2D eigenvalue weighted by Gasteiger charge is 2.20. The number of carbonyl (C=O) groups is 1. The van der Waals surface area contributed by atoms with Crippen LogP contribution in [-0.4, -0.2) is 34.1 Å². The van der Waals surface area contributed by atoms with Crippen molar-refractivity contribution in [3.63, 3.8) is 0 Å². The van der Waals surface area contributed by atoms with Crippen LogP contribution in [0.15, 0.2) is 41.2 Å². The number of anilines is 1. The third-order valence-electron chi connectivity index (χ3n) is 4.15. The lowest BCUT2D eigenvalue weighted by Crippen LogP contribution is -2.26. The van der Waals surface area contributed by atoms with E-state index in [9.17, 15) is 4.79 Å². The predicted molar refractivity (Wildman–Crippen MR) is 102 cm³/mol. The van der Waals surface area contributed by atoms with Gasteiger partial charge < -0.3 is 9.84 Å². The smallest absolute Gasteiger partial charge is 0.296 e.